The Bertz CT molecular complexity index is 517. The lowest BCUT2D eigenvalue weighted by Crippen LogP contribution is -2.26. The summed E-state index contributed by atoms with van der Waals surface area (Å²) in [6.07, 6.45) is 2.41. The van der Waals surface area contributed by atoms with Crippen LogP contribution in [0.25, 0.3) is 11.0 Å². The third kappa shape index (κ3) is 2.17. The second kappa shape index (κ2) is 4.84. The molecule has 0 aliphatic rings. The van der Waals surface area contributed by atoms with E-state index in [1.54, 1.807) is 12.1 Å². The normalized spacial score (nSPS) is 13.2. The second-order valence-corrected chi connectivity index (χ2v) is 4.10. The number of nitrogens with one attached hydrogen (secondary N) is 1. The Morgan fingerprint density at radius 2 is 2.12 bits per heavy atom. The third-order valence-corrected chi connectivity index (χ3v) is 3.08. The van der Waals surface area contributed by atoms with Gasteiger partial charge in [0.2, 0.25) is 0 Å². The molecule has 0 unspecified atom stereocenters. The lowest BCUT2D eigenvalue weighted by Gasteiger charge is -2.14. The van der Waals surface area contributed by atoms with Crippen molar-refractivity contribution < 1.29 is 13.2 Å². The van der Waals surface area contributed by atoms with Crippen LogP contribution in [0.1, 0.15) is 18.9 Å². The van der Waals surface area contributed by atoms with Gasteiger partial charge in [0.15, 0.2) is 17.2 Å². The zero-order valence-electron chi connectivity index (χ0n) is 9.89. The largest absolute Gasteiger partial charge is 0.458 e. The lowest BCUT2D eigenvalue weighted by molar-refractivity contribution is 0.509. The first-order chi connectivity index (χ1) is 8.17. The summed E-state index contributed by atoms with van der Waals surface area (Å²) >= 11 is 0. The molecule has 0 aliphatic heterocycles. The Kier molecular flexibility index (Phi) is 3.43. The van der Waals surface area contributed by atoms with Crippen LogP contribution < -0.4 is 5.32 Å². The fourth-order valence-electron chi connectivity index (χ4n) is 1.95. The van der Waals surface area contributed by atoms with Gasteiger partial charge in [-0.25, -0.2) is 8.78 Å². The van der Waals surface area contributed by atoms with Crippen molar-refractivity contribution in [1.82, 2.24) is 5.32 Å². The van der Waals surface area contributed by atoms with Gasteiger partial charge in [-0.1, -0.05) is 13.0 Å². The first-order valence-corrected chi connectivity index (χ1v) is 5.68. The SMILES string of the molecule is CC[C@@H](Cc1ccc2c(F)coc2c1F)NC. The molecule has 0 fully saturated rings. The molecule has 0 saturated carbocycles. The van der Waals surface area contributed by atoms with Crippen molar-refractivity contribution in [3.8, 4) is 0 Å². The van der Waals surface area contributed by atoms with Gasteiger partial charge in [-0.05, 0) is 31.5 Å². The van der Waals surface area contributed by atoms with Gasteiger partial charge in [-0.3, -0.25) is 0 Å². The molecule has 0 saturated heterocycles. The summed E-state index contributed by atoms with van der Waals surface area (Å²) in [5.74, 6) is -0.980. The molecule has 2 nitrogen and oxygen atoms in total. The summed E-state index contributed by atoms with van der Waals surface area (Å²) < 4.78 is 32.1. The van der Waals surface area contributed by atoms with Crippen molar-refractivity contribution >= 4 is 11.0 Å². The lowest BCUT2D eigenvalue weighted by atomic mass is 10.0. The number of likely N-dealkylation sites (N-methyl/N-ethyl adjacent to an activating group) is 1. The minimum absolute atomic E-state index is 0.00551. The molecule has 0 radical (unpaired) electrons. The van der Waals surface area contributed by atoms with E-state index in [1.165, 1.54) is 0 Å². The highest BCUT2D eigenvalue weighted by Gasteiger charge is 2.15. The van der Waals surface area contributed by atoms with E-state index in [4.69, 9.17) is 4.42 Å². The molecular weight excluding hydrogens is 224 g/mol. The summed E-state index contributed by atoms with van der Waals surface area (Å²) in [7, 11) is 1.84. The Balaban J connectivity index is 2.39. The number of furan rings is 1. The second-order valence-electron chi connectivity index (χ2n) is 4.10. The first kappa shape index (κ1) is 12.0. The summed E-state index contributed by atoms with van der Waals surface area (Å²) in [5, 5.41) is 3.31. The van der Waals surface area contributed by atoms with Gasteiger partial charge in [0.1, 0.15) is 6.26 Å². The Morgan fingerprint density at radius 3 is 2.76 bits per heavy atom. The van der Waals surface area contributed by atoms with Gasteiger partial charge in [0.25, 0.3) is 0 Å². The van der Waals surface area contributed by atoms with Gasteiger partial charge < -0.3 is 9.73 Å². The number of hydrogen-bond acceptors (Lipinski definition) is 2. The van der Waals surface area contributed by atoms with Gasteiger partial charge >= 0.3 is 0 Å². The van der Waals surface area contributed by atoms with Crippen LogP contribution in [0.2, 0.25) is 0 Å². The van der Waals surface area contributed by atoms with Crippen LogP contribution in [0, 0.1) is 11.6 Å². The zero-order chi connectivity index (χ0) is 12.4. The molecular formula is C13H15F2NO. The predicted molar refractivity (Wildman–Crippen MR) is 63.0 cm³/mol. The molecule has 0 amide bonds. The van der Waals surface area contributed by atoms with Crippen molar-refractivity contribution in [2.24, 2.45) is 0 Å². The van der Waals surface area contributed by atoms with E-state index in [2.05, 4.69) is 5.32 Å². The van der Waals surface area contributed by atoms with Crippen molar-refractivity contribution in [2.75, 3.05) is 7.05 Å². The average molecular weight is 239 g/mol. The third-order valence-electron chi connectivity index (χ3n) is 3.08. The molecule has 1 N–H and O–H groups in total. The van der Waals surface area contributed by atoms with E-state index < -0.39 is 11.6 Å². The average Bonchev–Trinajstić information content (AvgIpc) is 2.71. The van der Waals surface area contributed by atoms with E-state index in [1.807, 2.05) is 14.0 Å². The number of rotatable bonds is 4. The standard InChI is InChI=1S/C13H15F2NO/c1-3-9(16-2)6-8-4-5-10-11(14)7-17-13(10)12(8)15/h4-5,7,9,16H,3,6H2,1-2H3/t9-/m0/s1. The van der Waals surface area contributed by atoms with Crippen LogP contribution in [-0.2, 0) is 6.42 Å². The quantitative estimate of drug-likeness (QED) is 0.886. The van der Waals surface area contributed by atoms with Crippen LogP contribution >= 0.6 is 0 Å². The maximum absolute atomic E-state index is 14.0. The summed E-state index contributed by atoms with van der Waals surface area (Å²) in [6.45, 7) is 2.03. The minimum atomic E-state index is -0.522. The highest BCUT2D eigenvalue weighted by atomic mass is 19.1. The predicted octanol–water partition coefficient (Wildman–Crippen LogP) is 3.25. The minimum Gasteiger partial charge on any atom is -0.458 e. The molecule has 1 heterocycles. The highest BCUT2D eigenvalue weighted by Crippen LogP contribution is 2.25. The van der Waals surface area contributed by atoms with E-state index >= 15 is 0 Å². The molecule has 0 aliphatic carbocycles. The van der Waals surface area contributed by atoms with Crippen molar-refractivity contribution in [2.45, 2.75) is 25.8 Å². The summed E-state index contributed by atoms with van der Waals surface area (Å²) in [4.78, 5) is 0. The molecule has 4 heteroatoms. The van der Waals surface area contributed by atoms with E-state index in [0.29, 0.717) is 12.0 Å². The van der Waals surface area contributed by atoms with Crippen LogP contribution in [-0.4, -0.2) is 13.1 Å². The molecule has 1 aromatic heterocycles. The monoisotopic (exact) mass is 239 g/mol. The smallest absolute Gasteiger partial charge is 0.172 e. The van der Waals surface area contributed by atoms with Crippen LogP contribution in [0.15, 0.2) is 22.8 Å². The Labute approximate surface area is 98.6 Å². The first-order valence-electron chi connectivity index (χ1n) is 5.68. The zero-order valence-corrected chi connectivity index (χ0v) is 9.89. The van der Waals surface area contributed by atoms with Gasteiger partial charge in [0, 0.05) is 6.04 Å². The fraction of sp³-hybridized carbons (Fsp3) is 0.385. The van der Waals surface area contributed by atoms with Crippen LogP contribution in [0.4, 0.5) is 8.78 Å². The number of hydrogen-bond donors (Lipinski definition) is 1. The Hall–Kier alpha value is -1.42. The van der Waals surface area contributed by atoms with Crippen molar-refractivity contribution in [3.63, 3.8) is 0 Å². The maximum Gasteiger partial charge on any atom is 0.172 e. The number of halogens is 2. The van der Waals surface area contributed by atoms with E-state index in [-0.39, 0.29) is 17.0 Å². The topological polar surface area (TPSA) is 25.2 Å². The number of benzene rings is 1. The van der Waals surface area contributed by atoms with Crippen LogP contribution in [0.5, 0.6) is 0 Å². The van der Waals surface area contributed by atoms with Gasteiger partial charge in [-0.2, -0.15) is 0 Å². The summed E-state index contributed by atoms with van der Waals surface area (Å²) in [6, 6.07) is 3.40. The molecule has 1 atom stereocenters. The molecule has 17 heavy (non-hydrogen) atoms. The molecule has 92 valence electrons. The fourth-order valence-corrected chi connectivity index (χ4v) is 1.95. The molecule has 0 bridgehead atoms. The van der Waals surface area contributed by atoms with Crippen molar-refractivity contribution in [3.05, 3.63) is 35.6 Å². The highest BCUT2D eigenvalue weighted by molar-refractivity contribution is 5.79. The van der Waals surface area contributed by atoms with Crippen LogP contribution in [0.3, 0.4) is 0 Å². The maximum atomic E-state index is 14.0. The van der Waals surface area contributed by atoms with Crippen molar-refractivity contribution in [1.29, 1.82) is 0 Å². The summed E-state index contributed by atoms with van der Waals surface area (Å²) in [5.41, 5.74) is 0.555. The van der Waals surface area contributed by atoms with E-state index in [9.17, 15) is 8.78 Å². The van der Waals surface area contributed by atoms with Gasteiger partial charge in [0.05, 0.1) is 5.39 Å². The number of fused-ring (bicyclic) bond motifs is 1. The Morgan fingerprint density at radius 1 is 1.35 bits per heavy atom. The molecule has 2 rings (SSSR count). The van der Waals surface area contributed by atoms with Gasteiger partial charge in [-0.15, -0.1) is 0 Å². The van der Waals surface area contributed by atoms with E-state index in [0.717, 1.165) is 12.7 Å². The molecule has 2 aromatic rings. The molecule has 1 aromatic carbocycles. The molecule has 0 spiro atoms.